The summed E-state index contributed by atoms with van der Waals surface area (Å²) in [6.45, 7) is 3.61. The molecular formula is C28H35N5O2. The van der Waals surface area contributed by atoms with Gasteiger partial charge in [-0.15, -0.1) is 0 Å². The minimum atomic E-state index is -0.335. The van der Waals surface area contributed by atoms with Crippen molar-refractivity contribution < 1.29 is 4.92 Å². The molecule has 0 saturated carbocycles. The molecule has 184 valence electrons. The molecule has 0 aromatic heterocycles. The van der Waals surface area contributed by atoms with Crippen LogP contribution in [-0.4, -0.2) is 56.0 Å². The van der Waals surface area contributed by atoms with Gasteiger partial charge >= 0.3 is 0 Å². The van der Waals surface area contributed by atoms with Crippen molar-refractivity contribution in [2.75, 3.05) is 51.1 Å². The molecule has 1 heterocycles. The zero-order valence-corrected chi connectivity index (χ0v) is 21.1. The van der Waals surface area contributed by atoms with Crippen LogP contribution in [0.4, 0.5) is 17.1 Å². The lowest BCUT2D eigenvalue weighted by molar-refractivity contribution is -0.384. The molecule has 0 bridgehead atoms. The van der Waals surface area contributed by atoms with Gasteiger partial charge in [0.05, 0.1) is 11.1 Å². The van der Waals surface area contributed by atoms with Gasteiger partial charge in [-0.2, -0.15) is 0 Å². The van der Waals surface area contributed by atoms with Gasteiger partial charge < -0.3 is 9.80 Å². The Labute approximate surface area is 208 Å². The molecule has 1 fully saturated rings. The Balaban J connectivity index is 1.61. The highest BCUT2D eigenvalue weighted by molar-refractivity contribution is 5.47. The summed E-state index contributed by atoms with van der Waals surface area (Å²) >= 11 is 0. The first-order valence-corrected chi connectivity index (χ1v) is 12.1. The molecule has 1 aliphatic heterocycles. The number of hydrogen-bond acceptors (Lipinski definition) is 6. The summed E-state index contributed by atoms with van der Waals surface area (Å²) < 4.78 is 0. The second-order valence-corrected chi connectivity index (χ2v) is 9.64. The molecular weight excluding hydrogens is 438 g/mol. The van der Waals surface area contributed by atoms with Crippen molar-refractivity contribution in [1.82, 2.24) is 9.80 Å². The molecule has 1 aliphatic rings. The summed E-state index contributed by atoms with van der Waals surface area (Å²) in [4.78, 5) is 20.1. The average Bonchev–Trinajstić information content (AvgIpc) is 2.85. The average molecular weight is 474 g/mol. The molecule has 0 atom stereocenters. The lowest BCUT2D eigenvalue weighted by Gasteiger charge is -2.44. The third-order valence-electron chi connectivity index (χ3n) is 6.66. The van der Waals surface area contributed by atoms with E-state index in [2.05, 4.69) is 68.1 Å². The van der Waals surface area contributed by atoms with E-state index in [1.807, 2.05) is 40.3 Å². The third-order valence-corrected chi connectivity index (χ3v) is 6.66. The third kappa shape index (κ3) is 5.99. The second-order valence-electron chi connectivity index (χ2n) is 9.64. The van der Waals surface area contributed by atoms with E-state index in [0.29, 0.717) is 0 Å². The van der Waals surface area contributed by atoms with Gasteiger partial charge in [0.15, 0.2) is 0 Å². The Morgan fingerprint density at radius 3 is 1.54 bits per heavy atom. The zero-order chi connectivity index (χ0) is 24.9. The predicted molar refractivity (Wildman–Crippen MR) is 143 cm³/mol. The summed E-state index contributed by atoms with van der Waals surface area (Å²) in [6.07, 6.45) is 1.13. The summed E-state index contributed by atoms with van der Waals surface area (Å²) in [5.41, 5.74) is 6.11. The fraction of sp³-hybridized carbons (Fsp3) is 0.357. The molecule has 0 unspecified atom stereocenters. The van der Waals surface area contributed by atoms with Gasteiger partial charge in [-0.05, 0) is 59.5 Å². The van der Waals surface area contributed by atoms with Gasteiger partial charge in [-0.25, -0.2) is 0 Å². The molecule has 0 aliphatic carbocycles. The number of nitro benzene ring substituents is 1. The summed E-state index contributed by atoms with van der Waals surface area (Å²) in [6, 6.07) is 24.5. The van der Waals surface area contributed by atoms with Gasteiger partial charge in [0.25, 0.3) is 5.69 Å². The van der Waals surface area contributed by atoms with Crippen molar-refractivity contribution in [2.45, 2.75) is 25.7 Å². The van der Waals surface area contributed by atoms with E-state index in [-0.39, 0.29) is 16.8 Å². The molecule has 7 nitrogen and oxygen atoms in total. The normalized spacial score (nSPS) is 15.2. The van der Waals surface area contributed by atoms with Crippen LogP contribution >= 0.6 is 0 Å². The Morgan fingerprint density at radius 2 is 1.17 bits per heavy atom. The number of nitro groups is 1. The molecule has 7 heteroatoms. The quantitative estimate of drug-likeness (QED) is 0.334. The van der Waals surface area contributed by atoms with Crippen LogP contribution in [0.2, 0.25) is 0 Å². The van der Waals surface area contributed by atoms with E-state index in [0.717, 1.165) is 38.2 Å². The van der Waals surface area contributed by atoms with Crippen molar-refractivity contribution in [1.29, 1.82) is 0 Å². The van der Waals surface area contributed by atoms with E-state index < -0.39 is 0 Å². The summed E-state index contributed by atoms with van der Waals surface area (Å²) in [5, 5.41) is 11.2. The minimum absolute atomic E-state index is 0.0478. The SMILES string of the molecule is CN(C)c1ccc(CN2CCCN(Cc3ccc(N(C)C)cc3)C2c2ccc([N+](=O)[O-])cc2)cc1. The molecule has 0 radical (unpaired) electrons. The smallest absolute Gasteiger partial charge is 0.269 e. The first-order valence-electron chi connectivity index (χ1n) is 12.1. The van der Waals surface area contributed by atoms with Crippen LogP contribution in [0.3, 0.4) is 0 Å². The van der Waals surface area contributed by atoms with E-state index in [9.17, 15) is 10.1 Å². The van der Waals surface area contributed by atoms with Crippen LogP contribution in [0.5, 0.6) is 0 Å². The number of benzene rings is 3. The Morgan fingerprint density at radius 1 is 0.743 bits per heavy atom. The van der Waals surface area contributed by atoms with Crippen molar-refractivity contribution in [3.8, 4) is 0 Å². The fourth-order valence-electron chi connectivity index (χ4n) is 4.74. The number of hydrogen-bond donors (Lipinski definition) is 0. The van der Waals surface area contributed by atoms with Crippen molar-refractivity contribution in [2.24, 2.45) is 0 Å². The van der Waals surface area contributed by atoms with Crippen molar-refractivity contribution in [3.63, 3.8) is 0 Å². The largest absolute Gasteiger partial charge is 0.378 e. The van der Waals surface area contributed by atoms with E-state index in [1.54, 1.807) is 12.1 Å². The minimum Gasteiger partial charge on any atom is -0.378 e. The predicted octanol–water partition coefficient (Wildman–Crippen LogP) is 5.13. The molecule has 35 heavy (non-hydrogen) atoms. The maximum absolute atomic E-state index is 11.2. The van der Waals surface area contributed by atoms with Gasteiger partial charge in [-0.1, -0.05) is 24.3 Å². The van der Waals surface area contributed by atoms with Gasteiger partial charge in [0, 0.05) is 77.9 Å². The highest BCUT2D eigenvalue weighted by Crippen LogP contribution is 2.33. The van der Waals surface area contributed by atoms with Crippen LogP contribution in [-0.2, 0) is 13.1 Å². The van der Waals surface area contributed by atoms with Gasteiger partial charge in [0.2, 0.25) is 0 Å². The van der Waals surface area contributed by atoms with Crippen LogP contribution in [0.1, 0.15) is 29.3 Å². The molecule has 3 aromatic rings. The summed E-state index contributed by atoms with van der Waals surface area (Å²) in [7, 11) is 8.20. The topological polar surface area (TPSA) is 56.1 Å². The molecule has 0 amide bonds. The van der Waals surface area contributed by atoms with E-state index in [1.165, 1.54) is 22.5 Å². The molecule has 4 rings (SSSR count). The number of anilines is 2. The lowest BCUT2D eigenvalue weighted by atomic mass is 10.0. The summed E-state index contributed by atoms with van der Waals surface area (Å²) in [5.74, 6) is 0. The van der Waals surface area contributed by atoms with Crippen molar-refractivity contribution in [3.05, 3.63) is 99.6 Å². The molecule has 0 spiro atoms. The van der Waals surface area contributed by atoms with Crippen LogP contribution in [0.25, 0.3) is 0 Å². The highest BCUT2D eigenvalue weighted by atomic mass is 16.6. The Kier molecular flexibility index (Phi) is 7.68. The first-order chi connectivity index (χ1) is 16.8. The van der Waals surface area contributed by atoms with Crippen LogP contribution in [0, 0.1) is 10.1 Å². The number of non-ortho nitro benzene ring substituents is 1. The molecule has 0 N–H and O–H groups in total. The van der Waals surface area contributed by atoms with Gasteiger partial charge in [-0.3, -0.25) is 19.9 Å². The van der Waals surface area contributed by atoms with E-state index in [4.69, 9.17) is 0 Å². The van der Waals surface area contributed by atoms with E-state index >= 15 is 0 Å². The Bertz CT molecular complexity index is 1050. The number of rotatable bonds is 8. The molecule has 3 aromatic carbocycles. The highest BCUT2D eigenvalue weighted by Gasteiger charge is 2.31. The lowest BCUT2D eigenvalue weighted by Crippen LogP contribution is -2.46. The van der Waals surface area contributed by atoms with Crippen LogP contribution < -0.4 is 9.80 Å². The maximum Gasteiger partial charge on any atom is 0.269 e. The first kappa shape index (κ1) is 24.7. The monoisotopic (exact) mass is 473 g/mol. The Hall–Kier alpha value is -3.42. The number of nitrogens with zero attached hydrogens (tertiary/aromatic N) is 5. The van der Waals surface area contributed by atoms with Crippen LogP contribution in [0.15, 0.2) is 72.8 Å². The standard InChI is InChI=1S/C28H35N5O2/c1-29(2)25-12-6-22(7-13-25)20-31-18-5-19-32(21-23-8-14-26(15-9-23)30(3)4)28(31)24-10-16-27(17-11-24)33(34)35/h6-17,28H,5,18-21H2,1-4H3. The maximum atomic E-state index is 11.2. The van der Waals surface area contributed by atoms with Crippen molar-refractivity contribution >= 4 is 17.1 Å². The second kappa shape index (κ2) is 10.9. The van der Waals surface area contributed by atoms with Gasteiger partial charge in [0.1, 0.15) is 0 Å². The zero-order valence-electron chi connectivity index (χ0n) is 21.1. The molecule has 1 saturated heterocycles. The fourth-order valence-corrected chi connectivity index (χ4v) is 4.74.